The lowest BCUT2D eigenvalue weighted by Crippen LogP contribution is -2.44. The van der Waals surface area contributed by atoms with Crippen molar-refractivity contribution in [2.75, 3.05) is 19.3 Å². The quantitative estimate of drug-likeness (QED) is 0.410. The second-order valence-corrected chi connectivity index (χ2v) is 10.5. The van der Waals surface area contributed by atoms with E-state index < -0.39 is 5.54 Å². The summed E-state index contributed by atoms with van der Waals surface area (Å²) in [5, 5.41) is 9.20. The number of rotatable bonds is 4. The van der Waals surface area contributed by atoms with E-state index in [0.29, 0.717) is 5.92 Å². The second kappa shape index (κ2) is 6.10. The number of amides is 1. The van der Waals surface area contributed by atoms with Crippen molar-refractivity contribution in [3.63, 3.8) is 0 Å². The minimum atomic E-state index is -0.509. The average Bonchev–Trinajstić information content (AvgIpc) is 2.83. The van der Waals surface area contributed by atoms with Crippen molar-refractivity contribution in [2.24, 2.45) is 24.3 Å². The van der Waals surface area contributed by atoms with Gasteiger partial charge in [-0.2, -0.15) is 5.10 Å². The summed E-state index contributed by atoms with van der Waals surface area (Å²) in [4.78, 5) is 14.2. The molecule has 2 heterocycles. The third kappa shape index (κ3) is 2.69. The van der Waals surface area contributed by atoms with E-state index in [4.69, 9.17) is 5.10 Å². The van der Waals surface area contributed by atoms with Gasteiger partial charge in [-0.25, -0.2) is 3.11 Å². The molecule has 1 amide bonds. The number of hydrogen-bond acceptors (Lipinski definition) is 4. The molecule has 1 aromatic carbocycles. The van der Waals surface area contributed by atoms with E-state index in [9.17, 15) is 4.79 Å². The van der Waals surface area contributed by atoms with Gasteiger partial charge < -0.3 is 5.32 Å². The highest BCUT2D eigenvalue weighted by atomic mass is 127. The minimum Gasteiger partial charge on any atom is -0.345 e. The highest BCUT2D eigenvalue weighted by molar-refractivity contribution is 14.1. The topological polar surface area (TPSA) is 50.2 Å². The van der Waals surface area contributed by atoms with E-state index >= 15 is 0 Å². The smallest absolute Gasteiger partial charge is 0.224 e. The van der Waals surface area contributed by atoms with Gasteiger partial charge in [-0.1, -0.05) is 19.1 Å². The first-order valence-electron chi connectivity index (χ1n) is 8.92. The summed E-state index contributed by atoms with van der Waals surface area (Å²) >= 11 is 4.09. The molecule has 2 aromatic rings. The Labute approximate surface area is 172 Å². The van der Waals surface area contributed by atoms with Gasteiger partial charge in [0.15, 0.2) is 0 Å². The van der Waals surface area contributed by atoms with Crippen LogP contribution in [0.2, 0.25) is 0 Å². The summed E-state index contributed by atoms with van der Waals surface area (Å²) in [6.45, 7) is 8.38. The van der Waals surface area contributed by atoms with Gasteiger partial charge in [0.1, 0.15) is 0 Å². The number of aryl methyl sites for hydroxylation is 1. The van der Waals surface area contributed by atoms with E-state index in [1.807, 2.05) is 11.7 Å². The molecule has 5 nitrogen and oxygen atoms in total. The van der Waals surface area contributed by atoms with Crippen LogP contribution in [0.15, 0.2) is 23.1 Å². The van der Waals surface area contributed by atoms with Gasteiger partial charge in [-0.15, -0.1) is 11.8 Å². The molecule has 0 spiro atoms. The highest BCUT2D eigenvalue weighted by Crippen LogP contribution is 2.63. The molecule has 26 heavy (non-hydrogen) atoms. The maximum Gasteiger partial charge on any atom is 0.224 e. The number of fused-ring (bicyclic) bond motifs is 2. The summed E-state index contributed by atoms with van der Waals surface area (Å²) in [6.07, 6.45) is 2.08. The maximum absolute atomic E-state index is 13.0. The van der Waals surface area contributed by atoms with Crippen LogP contribution in [0.3, 0.4) is 0 Å². The highest BCUT2D eigenvalue weighted by Gasteiger charge is 2.68. The van der Waals surface area contributed by atoms with Gasteiger partial charge >= 0.3 is 0 Å². The van der Waals surface area contributed by atoms with Crippen molar-refractivity contribution in [3.8, 4) is 0 Å². The van der Waals surface area contributed by atoms with Gasteiger partial charge in [-0.05, 0) is 37.5 Å². The largest absolute Gasteiger partial charge is 0.345 e. The molecular weight excluding hydrogens is 459 g/mol. The van der Waals surface area contributed by atoms with Crippen LogP contribution in [-0.4, -0.2) is 38.1 Å². The number of carbonyl (C=O) groups is 1. The minimum absolute atomic E-state index is 0.129. The van der Waals surface area contributed by atoms with Crippen LogP contribution in [0, 0.1) is 17.3 Å². The standard InChI is InChI=1S/C19H25IN4OS/c1-18(2,21-17(25)14-12-9-24(20)10-19(12,14)3)16-11-7-6-8-13(26-5)15(11)23(4)22-16/h6-8,12,14H,9-10H2,1-5H3,(H,21,25)/t12-,14+,19-/m0/s1. The lowest BCUT2D eigenvalue weighted by Gasteiger charge is -2.26. The van der Waals surface area contributed by atoms with Crippen molar-refractivity contribution >= 4 is 51.4 Å². The molecule has 1 aromatic heterocycles. The number of nitrogens with one attached hydrogen (secondary N) is 1. The molecule has 7 heteroatoms. The second-order valence-electron chi connectivity index (χ2n) is 8.34. The molecule has 2 fully saturated rings. The number of piperidine rings is 1. The molecule has 1 aliphatic heterocycles. The fraction of sp³-hybridized carbons (Fsp3) is 0.579. The molecule has 1 saturated carbocycles. The Morgan fingerprint density at radius 1 is 1.46 bits per heavy atom. The number of thioether (sulfide) groups is 1. The molecule has 3 atom stereocenters. The van der Waals surface area contributed by atoms with Crippen LogP contribution in [0.25, 0.3) is 10.9 Å². The van der Waals surface area contributed by atoms with Crippen LogP contribution in [0.4, 0.5) is 0 Å². The summed E-state index contributed by atoms with van der Waals surface area (Å²) in [7, 11) is 1.98. The summed E-state index contributed by atoms with van der Waals surface area (Å²) in [5.41, 5.74) is 1.70. The number of halogens is 1. The molecule has 0 unspecified atom stereocenters. The number of nitrogens with zero attached hydrogens (tertiary/aromatic N) is 3. The van der Waals surface area contributed by atoms with E-state index in [1.54, 1.807) is 11.8 Å². The Hall–Kier alpha value is -0.800. The maximum atomic E-state index is 13.0. The van der Waals surface area contributed by atoms with Gasteiger partial charge in [0.25, 0.3) is 0 Å². The molecule has 1 saturated heterocycles. The fourth-order valence-electron chi connectivity index (χ4n) is 4.69. The molecule has 1 N–H and O–H groups in total. The molecule has 140 valence electrons. The molecule has 0 radical (unpaired) electrons. The summed E-state index contributed by atoms with van der Waals surface area (Å²) in [6, 6.07) is 6.29. The van der Waals surface area contributed by atoms with E-state index in [2.05, 4.69) is 76.5 Å². The monoisotopic (exact) mass is 484 g/mol. The van der Waals surface area contributed by atoms with E-state index in [0.717, 1.165) is 29.7 Å². The van der Waals surface area contributed by atoms with Crippen molar-refractivity contribution in [3.05, 3.63) is 23.9 Å². The van der Waals surface area contributed by atoms with Crippen LogP contribution in [0.5, 0.6) is 0 Å². The first-order valence-corrected chi connectivity index (χ1v) is 11.1. The third-order valence-corrected chi connectivity index (χ3v) is 7.62. The first kappa shape index (κ1) is 18.6. The van der Waals surface area contributed by atoms with E-state index in [1.165, 1.54) is 4.90 Å². The number of para-hydroxylation sites is 1. The Morgan fingerprint density at radius 3 is 2.81 bits per heavy atom. The Balaban J connectivity index is 1.62. The third-order valence-electron chi connectivity index (χ3n) is 6.12. The summed E-state index contributed by atoms with van der Waals surface area (Å²) < 4.78 is 4.24. The number of aromatic nitrogens is 2. The van der Waals surface area contributed by atoms with Gasteiger partial charge in [0.05, 0.1) is 16.7 Å². The molecule has 2 aliphatic rings. The SMILES string of the molecule is CSc1cccc2c(C(C)(C)NC(=O)[C@H]3[C@@H]4CN(I)C[C@@]43C)nn(C)c12. The fourth-order valence-corrected chi connectivity index (χ4v) is 6.50. The predicted molar refractivity (Wildman–Crippen MR) is 114 cm³/mol. The van der Waals surface area contributed by atoms with Gasteiger partial charge in [-0.3, -0.25) is 9.48 Å². The summed E-state index contributed by atoms with van der Waals surface area (Å²) in [5.74, 6) is 0.787. The molecule has 4 rings (SSSR count). The van der Waals surface area contributed by atoms with Gasteiger partial charge in [0, 0.05) is 59.2 Å². The normalized spacial score (nSPS) is 28.4. The lowest BCUT2D eigenvalue weighted by molar-refractivity contribution is -0.125. The predicted octanol–water partition coefficient (Wildman–Crippen LogP) is 3.56. The zero-order chi connectivity index (χ0) is 18.9. The first-order chi connectivity index (χ1) is 12.2. The van der Waals surface area contributed by atoms with Crippen LogP contribution >= 0.6 is 34.6 Å². The van der Waals surface area contributed by atoms with Crippen LogP contribution < -0.4 is 5.32 Å². The zero-order valence-electron chi connectivity index (χ0n) is 15.8. The van der Waals surface area contributed by atoms with Crippen LogP contribution in [-0.2, 0) is 17.4 Å². The molecule has 0 bridgehead atoms. The lowest BCUT2D eigenvalue weighted by atomic mass is 9.96. The van der Waals surface area contributed by atoms with Crippen molar-refractivity contribution in [2.45, 2.75) is 31.2 Å². The Bertz CT molecular complexity index is 895. The molecular formula is C19H25IN4OS. The van der Waals surface area contributed by atoms with E-state index in [-0.39, 0.29) is 17.2 Å². The number of benzene rings is 1. The molecule has 1 aliphatic carbocycles. The Kier molecular flexibility index (Phi) is 4.36. The van der Waals surface area contributed by atoms with Crippen LogP contribution in [0.1, 0.15) is 26.5 Å². The van der Waals surface area contributed by atoms with Crippen molar-refractivity contribution < 1.29 is 4.79 Å². The van der Waals surface area contributed by atoms with Crippen molar-refractivity contribution in [1.29, 1.82) is 0 Å². The number of carbonyl (C=O) groups excluding carboxylic acids is 1. The van der Waals surface area contributed by atoms with Crippen molar-refractivity contribution in [1.82, 2.24) is 18.2 Å². The zero-order valence-corrected chi connectivity index (χ0v) is 18.8. The van der Waals surface area contributed by atoms with Gasteiger partial charge in [0.2, 0.25) is 5.91 Å². The average molecular weight is 484 g/mol. The Morgan fingerprint density at radius 2 is 2.19 bits per heavy atom. The number of hydrogen-bond donors (Lipinski definition) is 1.